The lowest BCUT2D eigenvalue weighted by atomic mass is 9.95. The number of anilines is 1. The summed E-state index contributed by atoms with van der Waals surface area (Å²) in [5, 5.41) is 20.6. The molecule has 1 atom stereocenters. The van der Waals surface area contributed by atoms with Crippen molar-refractivity contribution in [3.8, 4) is 17.2 Å². The van der Waals surface area contributed by atoms with Gasteiger partial charge in [-0.05, 0) is 54.8 Å². The number of furan rings is 1. The Labute approximate surface area is 290 Å². The highest BCUT2D eigenvalue weighted by molar-refractivity contribution is 8.00. The third kappa shape index (κ3) is 6.99. The fraction of sp³-hybridized carbons (Fsp3) is 0.278. The van der Waals surface area contributed by atoms with E-state index in [-0.39, 0.29) is 22.3 Å². The number of Topliss-reactive ketones (excluding diaryl/α,β-unsaturated/α-hetero) is 1. The topological polar surface area (TPSA) is 124 Å². The highest BCUT2D eigenvalue weighted by Gasteiger charge is 2.47. The summed E-state index contributed by atoms with van der Waals surface area (Å²) in [6, 6.07) is 17.3. The Morgan fingerprint density at radius 3 is 2.63 bits per heavy atom. The van der Waals surface area contributed by atoms with E-state index in [2.05, 4.69) is 17.1 Å². The first-order valence-electron chi connectivity index (χ1n) is 15.8. The molecule has 10 nitrogen and oxygen atoms in total. The van der Waals surface area contributed by atoms with E-state index in [1.165, 1.54) is 29.8 Å². The van der Waals surface area contributed by atoms with Gasteiger partial charge in [-0.3, -0.25) is 14.5 Å². The average Bonchev–Trinajstić information content (AvgIpc) is 3.83. The monoisotopic (exact) mass is 703 g/mol. The number of unbranched alkanes of at least 4 members (excludes halogenated alkanes) is 2. The van der Waals surface area contributed by atoms with Crippen LogP contribution in [0.3, 0.4) is 0 Å². The SMILES string of the molecule is CCCCCOc1ccc(C2C(C(=O)c3cc4cccc(OC)c4o3)=C(O)C(=O)N2c2nnc(SCc3ccccc3F)s2)cc1OCC. The molecule has 1 amide bonds. The van der Waals surface area contributed by atoms with Crippen molar-refractivity contribution in [3.05, 3.63) is 101 Å². The maximum absolute atomic E-state index is 14.3. The molecule has 1 N–H and O–H groups in total. The summed E-state index contributed by atoms with van der Waals surface area (Å²) >= 11 is 2.35. The first-order chi connectivity index (χ1) is 23.8. The first-order valence-corrected chi connectivity index (χ1v) is 17.6. The van der Waals surface area contributed by atoms with Gasteiger partial charge in [-0.2, -0.15) is 0 Å². The molecule has 0 saturated heterocycles. The number of halogens is 1. The number of hydrogen-bond donors (Lipinski definition) is 1. The lowest BCUT2D eigenvalue weighted by Crippen LogP contribution is -2.31. The van der Waals surface area contributed by atoms with Crippen LogP contribution in [0.5, 0.6) is 17.2 Å². The van der Waals surface area contributed by atoms with Gasteiger partial charge in [0, 0.05) is 11.1 Å². The van der Waals surface area contributed by atoms with Crippen molar-refractivity contribution in [1.29, 1.82) is 0 Å². The van der Waals surface area contributed by atoms with Crippen molar-refractivity contribution >= 4 is 50.9 Å². The lowest BCUT2D eigenvalue weighted by Gasteiger charge is -2.25. The number of amides is 1. The molecule has 1 aliphatic rings. The molecule has 5 aromatic rings. The number of fused-ring (bicyclic) bond motifs is 1. The van der Waals surface area contributed by atoms with Crippen LogP contribution in [0.1, 0.15) is 60.8 Å². The maximum Gasteiger partial charge on any atom is 0.296 e. The van der Waals surface area contributed by atoms with E-state index in [9.17, 15) is 19.1 Å². The van der Waals surface area contributed by atoms with Crippen LogP contribution in [0, 0.1) is 5.82 Å². The molecule has 3 aromatic carbocycles. The molecular formula is C36H34FN3O7S2. The number of para-hydroxylation sites is 1. The van der Waals surface area contributed by atoms with Crippen molar-refractivity contribution in [2.75, 3.05) is 25.2 Å². The van der Waals surface area contributed by atoms with Crippen LogP contribution in [-0.4, -0.2) is 47.3 Å². The minimum Gasteiger partial charge on any atom is -0.503 e. The van der Waals surface area contributed by atoms with E-state index in [0.717, 1.165) is 30.6 Å². The van der Waals surface area contributed by atoms with E-state index >= 15 is 0 Å². The molecule has 3 heterocycles. The Morgan fingerprint density at radius 2 is 1.86 bits per heavy atom. The van der Waals surface area contributed by atoms with Gasteiger partial charge in [0.25, 0.3) is 5.91 Å². The number of aliphatic hydroxyl groups excluding tert-OH is 1. The molecule has 1 aliphatic heterocycles. The number of benzene rings is 3. The first kappa shape index (κ1) is 34.0. The molecular weight excluding hydrogens is 670 g/mol. The van der Waals surface area contributed by atoms with Gasteiger partial charge in [0.1, 0.15) is 5.82 Å². The Bertz CT molecular complexity index is 2020. The van der Waals surface area contributed by atoms with Crippen LogP contribution < -0.4 is 19.1 Å². The minimum atomic E-state index is -1.12. The maximum atomic E-state index is 14.3. The highest BCUT2D eigenvalue weighted by Crippen LogP contribution is 2.46. The molecule has 0 saturated carbocycles. The molecule has 49 heavy (non-hydrogen) atoms. The number of aromatic nitrogens is 2. The van der Waals surface area contributed by atoms with Gasteiger partial charge in [0.05, 0.1) is 31.9 Å². The molecule has 2 aromatic heterocycles. The Morgan fingerprint density at radius 1 is 1.02 bits per heavy atom. The van der Waals surface area contributed by atoms with Crippen molar-refractivity contribution < 1.29 is 37.7 Å². The molecule has 0 aliphatic carbocycles. The van der Waals surface area contributed by atoms with E-state index < -0.39 is 23.5 Å². The normalized spacial score (nSPS) is 14.6. The quantitative estimate of drug-likeness (QED) is 0.0491. The molecule has 13 heteroatoms. The zero-order chi connectivity index (χ0) is 34.5. The second kappa shape index (κ2) is 15.1. The van der Waals surface area contributed by atoms with Crippen molar-refractivity contribution in [2.24, 2.45) is 0 Å². The van der Waals surface area contributed by atoms with Crippen LogP contribution in [0.2, 0.25) is 0 Å². The summed E-state index contributed by atoms with van der Waals surface area (Å²) in [5.41, 5.74) is 1.12. The Hall–Kier alpha value is -4.88. The van der Waals surface area contributed by atoms with Gasteiger partial charge in [-0.1, -0.05) is 79.3 Å². The highest BCUT2D eigenvalue weighted by atomic mass is 32.2. The Balaban J connectivity index is 1.39. The number of carbonyl (C=O) groups is 2. The third-order valence-corrected chi connectivity index (χ3v) is 10.0. The number of carbonyl (C=O) groups excluding carboxylic acids is 2. The van der Waals surface area contributed by atoms with Crippen molar-refractivity contribution in [2.45, 2.75) is 49.2 Å². The zero-order valence-electron chi connectivity index (χ0n) is 27.1. The number of ether oxygens (including phenoxy) is 3. The smallest absolute Gasteiger partial charge is 0.296 e. The van der Waals surface area contributed by atoms with Crippen molar-refractivity contribution in [3.63, 3.8) is 0 Å². The fourth-order valence-corrected chi connectivity index (χ4v) is 7.38. The van der Waals surface area contributed by atoms with Crippen molar-refractivity contribution in [1.82, 2.24) is 10.2 Å². The van der Waals surface area contributed by atoms with Gasteiger partial charge in [-0.15, -0.1) is 10.2 Å². The van der Waals surface area contributed by atoms with Crippen LogP contribution in [-0.2, 0) is 10.5 Å². The number of methoxy groups -OCH3 is 1. The molecule has 0 fully saturated rings. The number of hydrogen-bond acceptors (Lipinski definition) is 11. The largest absolute Gasteiger partial charge is 0.503 e. The number of ketones is 1. The van der Waals surface area contributed by atoms with Gasteiger partial charge < -0.3 is 23.7 Å². The van der Waals surface area contributed by atoms with Crippen LogP contribution in [0.15, 0.2) is 86.8 Å². The average molecular weight is 704 g/mol. The van der Waals surface area contributed by atoms with E-state index in [0.29, 0.717) is 62.7 Å². The van der Waals surface area contributed by atoms with Gasteiger partial charge >= 0.3 is 0 Å². The molecule has 0 radical (unpaired) electrons. The number of nitrogens with zero attached hydrogens (tertiary/aromatic N) is 3. The summed E-state index contributed by atoms with van der Waals surface area (Å²) in [6.07, 6.45) is 2.94. The van der Waals surface area contributed by atoms with Crippen LogP contribution in [0.4, 0.5) is 9.52 Å². The summed E-state index contributed by atoms with van der Waals surface area (Å²) in [6.45, 7) is 4.80. The predicted molar refractivity (Wildman–Crippen MR) is 185 cm³/mol. The second-order valence-electron chi connectivity index (χ2n) is 11.1. The van der Waals surface area contributed by atoms with Crippen LogP contribution in [0.25, 0.3) is 11.0 Å². The number of thioether (sulfide) groups is 1. The van der Waals surface area contributed by atoms with Gasteiger partial charge in [-0.25, -0.2) is 4.39 Å². The third-order valence-electron chi connectivity index (χ3n) is 7.90. The zero-order valence-corrected chi connectivity index (χ0v) is 28.7. The fourth-order valence-electron chi connectivity index (χ4n) is 5.52. The Kier molecular flexibility index (Phi) is 10.5. The van der Waals surface area contributed by atoms with E-state index in [4.69, 9.17) is 18.6 Å². The standard InChI is InChI=1S/C36H34FN3O7S2/c1-4-6-9-17-46-25-16-15-21(18-27(25)45-5-2)30-29(31(41)28-19-22-12-10-14-26(44-3)33(22)47-28)32(42)34(43)40(30)35-38-39-36(49-35)48-20-23-11-7-8-13-24(23)37/h7-8,10-16,18-19,30,42H,4-6,9,17,20H2,1-3H3. The minimum absolute atomic E-state index is 0.0833. The molecule has 0 bridgehead atoms. The van der Waals surface area contributed by atoms with E-state index in [1.54, 1.807) is 60.7 Å². The molecule has 0 spiro atoms. The summed E-state index contributed by atoms with van der Waals surface area (Å²) in [5.74, 6) is -1.01. The summed E-state index contributed by atoms with van der Waals surface area (Å²) in [4.78, 5) is 29.4. The van der Waals surface area contributed by atoms with Crippen LogP contribution >= 0.6 is 23.1 Å². The predicted octanol–water partition coefficient (Wildman–Crippen LogP) is 8.47. The molecule has 6 rings (SSSR count). The second-order valence-corrected chi connectivity index (χ2v) is 13.3. The van der Waals surface area contributed by atoms with Gasteiger partial charge in [0.2, 0.25) is 10.9 Å². The lowest BCUT2D eigenvalue weighted by molar-refractivity contribution is -0.117. The number of aliphatic hydroxyl groups is 1. The molecule has 1 unspecified atom stereocenters. The molecule has 254 valence electrons. The summed E-state index contributed by atoms with van der Waals surface area (Å²) in [7, 11) is 1.49. The summed E-state index contributed by atoms with van der Waals surface area (Å²) < 4.78 is 38.1. The number of rotatable bonds is 15. The van der Waals surface area contributed by atoms with Gasteiger partial charge in [0.15, 0.2) is 38.7 Å². The van der Waals surface area contributed by atoms with E-state index in [1.807, 2.05) is 6.92 Å².